The molecule has 3 nitrogen and oxygen atoms in total. The molecule has 0 amide bonds. The van der Waals surface area contributed by atoms with Crippen molar-refractivity contribution in [3.8, 4) is 0 Å². The first kappa shape index (κ1) is 11.5. The predicted octanol–water partition coefficient (Wildman–Crippen LogP) is 1.38. The fraction of sp³-hybridized carbons (Fsp3) is 0.818. The molecule has 14 heavy (non-hydrogen) atoms. The summed E-state index contributed by atoms with van der Waals surface area (Å²) in [5.41, 5.74) is 0. The van der Waals surface area contributed by atoms with Crippen molar-refractivity contribution in [2.45, 2.75) is 32.8 Å². The van der Waals surface area contributed by atoms with Gasteiger partial charge in [-0.05, 0) is 25.6 Å². The summed E-state index contributed by atoms with van der Waals surface area (Å²) in [5.74, 6) is 0.775. The fourth-order valence-electron chi connectivity index (χ4n) is 1.66. The summed E-state index contributed by atoms with van der Waals surface area (Å²) < 4.78 is 5.31. The van der Waals surface area contributed by atoms with Crippen LogP contribution in [0.2, 0.25) is 0 Å². The molecular formula is C11H21NO2. The number of nitrogens with zero attached hydrogens (tertiary/aromatic N) is 1. The van der Waals surface area contributed by atoms with Crippen LogP contribution in [-0.4, -0.2) is 42.4 Å². The second-order valence-corrected chi connectivity index (χ2v) is 3.57. The van der Waals surface area contributed by atoms with Crippen molar-refractivity contribution in [2.75, 3.05) is 26.2 Å². The Morgan fingerprint density at radius 2 is 2.21 bits per heavy atom. The molecule has 1 aliphatic rings. The molecule has 1 N–H and O–H groups in total. The van der Waals surface area contributed by atoms with Crippen LogP contribution in [0.5, 0.6) is 0 Å². The number of aliphatic hydroxyl groups is 1. The monoisotopic (exact) mass is 199 g/mol. The van der Waals surface area contributed by atoms with Gasteiger partial charge in [-0.3, -0.25) is 0 Å². The van der Waals surface area contributed by atoms with Crippen LogP contribution in [0.1, 0.15) is 26.7 Å². The molecule has 0 aromatic heterocycles. The van der Waals surface area contributed by atoms with Gasteiger partial charge in [-0.1, -0.05) is 13.8 Å². The molecule has 3 heteroatoms. The van der Waals surface area contributed by atoms with Crippen molar-refractivity contribution >= 4 is 0 Å². The lowest BCUT2D eigenvalue weighted by atomic mass is 10.2. The molecule has 1 unspecified atom stereocenters. The van der Waals surface area contributed by atoms with E-state index in [0.717, 1.165) is 44.8 Å². The van der Waals surface area contributed by atoms with Gasteiger partial charge in [0, 0.05) is 13.0 Å². The van der Waals surface area contributed by atoms with Crippen LogP contribution in [0, 0.1) is 0 Å². The summed E-state index contributed by atoms with van der Waals surface area (Å²) in [7, 11) is 0. The van der Waals surface area contributed by atoms with Crippen LogP contribution in [0.3, 0.4) is 0 Å². The summed E-state index contributed by atoms with van der Waals surface area (Å²) >= 11 is 0. The van der Waals surface area contributed by atoms with Gasteiger partial charge in [-0.2, -0.15) is 0 Å². The highest BCUT2D eigenvalue weighted by molar-refractivity contribution is 5.03. The van der Waals surface area contributed by atoms with E-state index in [4.69, 9.17) is 4.74 Å². The van der Waals surface area contributed by atoms with Crippen LogP contribution in [0.4, 0.5) is 0 Å². The first-order chi connectivity index (χ1) is 6.77. The zero-order valence-corrected chi connectivity index (χ0v) is 9.20. The Labute approximate surface area is 86.4 Å². The lowest BCUT2D eigenvalue weighted by molar-refractivity contribution is 0.102. The zero-order valence-electron chi connectivity index (χ0n) is 9.20. The largest absolute Gasteiger partial charge is 0.495 e. The van der Waals surface area contributed by atoms with Crippen molar-refractivity contribution in [1.29, 1.82) is 0 Å². The number of rotatable bonds is 6. The molecule has 0 saturated heterocycles. The third-order valence-corrected chi connectivity index (χ3v) is 2.67. The number of ether oxygens (including phenoxy) is 1. The summed E-state index contributed by atoms with van der Waals surface area (Å²) in [5, 5.41) is 9.77. The Morgan fingerprint density at radius 3 is 2.71 bits per heavy atom. The standard InChI is InChI=1S/C11H21NO2/c1-3-12(4-2)8-7-10(13)11-6-5-9-14-11/h6,10,13H,3-5,7-9H2,1-2H3. The topological polar surface area (TPSA) is 32.7 Å². The first-order valence-electron chi connectivity index (χ1n) is 5.51. The van der Waals surface area contributed by atoms with Crippen LogP contribution in [0.15, 0.2) is 11.8 Å². The highest BCUT2D eigenvalue weighted by atomic mass is 16.5. The van der Waals surface area contributed by atoms with E-state index in [0.29, 0.717) is 0 Å². The van der Waals surface area contributed by atoms with Gasteiger partial charge in [0.2, 0.25) is 0 Å². The van der Waals surface area contributed by atoms with E-state index >= 15 is 0 Å². The number of aliphatic hydroxyl groups excluding tert-OH is 1. The molecule has 0 bridgehead atoms. The average molecular weight is 199 g/mol. The molecule has 0 aromatic carbocycles. The maximum Gasteiger partial charge on any atom is 0.121 e. The molecule has 0 spiro atoms. The quantitative estimate of drug-likeness (QED) is 0.701. The van der Waals surface area contributed by atoms with Gasteiger partial charge in [0.1, 0.15) is 11.9 Å². The van der Waals surface area contributed by atoms with Gasteiger partial charge in [-0.15, -0.1) is 0 Å². The van der Waals surface area contributed by atoms with Gasteiger partial charge in [0.25, 0.3) is 0 Å². The van der Waals surface area contributed by atoms with Crippen molar-refractivity contribution in [3.05, 3.63) is 11.8 Å². The SMILES string of the molecule is CCN(CC)CCC(O)C1=CCCO1. The molecular weight excluding hydrogens is 178 g/mol. The average Bonchev–Trinajstić information content (AvgIpc) is 2.72. The molecule has 0 radical (unpaired) electrons. The van der Waals surface area contributed by atoms with Crippen LogP contribution in [-0.2, 0) is 4.74 Å². The molecule has 82 valence electrons. The summed E-state index contributed by atoms with van der Waals surface area (Å²) in [4.78, 5) is 2.30. The minimum atomic E-state index is -0.405. The Balaban J connectivity index is 2.22. The maximum atomic E-state index is 9.77. The van der Waals surface area contributed by atoms with Crippen molar-refractivity contribution in [3.63, 3.8) is 0 Å². The summed E-state index contributed by atoms with van der Waals surface area (Å²) in [6.07, 6.45) is 3.30. The lowest BCUT2D eigenvalue weighted by Gasteiger charge is -2.20. The Bertz CT molecular complexity index is 188. The molecule has 0 aromatic rings. The molecule has 1 heterocycles. The summed E-state index contributed by atoms with van der Waals surface area (Å²) in [6, 6.07) is 0. The van der Waals surface area contributed by atoms with E-state index in [1.807, 2.05) is 6.08 Å². The zero-order chi connectivity index (χ0) is 10.4. The highest BCUT2D eigenvalue weighted by Crippen LogP contribution is 2.15. The van der Waals surface area contributed by atoms with Crippen LogP contribution < -0.4 is 0 Å². The smallest absolute Gasteiger partial charge is 0.121 e. The van der Waals surface area contributed by atoms with E-state index in [9.17, 15) is 5.11 Å². The predicted molar refractivity (Wildman–Crippen MR) is 57.1 cm³/mol. The van der Waals surface area contributed by atoms with Gasteiger partial charge in [0.05, 0.1) is 6.61 Å². The third kappa shape index (κ3) is 3.31. The third-order valence-electron chi connectivity index (χ3n) is 2.67. The van der Waals surface area contributed by atoms with Crippen molar-refractivity contribution in [2.24, 2.45) is 0 Å². The maximum absolute atomic E-state index is 9.77. The Morgan fingerprint density at radius 1 is 1.50 bits per heavy atom. The van der Waals surface area contributed by atoms with Crippen molar-refractivity contribution < 1.29 is 9.84 Å². The van der Waals surface area contributed by atoms with Gasteiger partial charge < -0.3 is 14.7 Å². The van der Waals surface area contributed by atoms with E-state index < -0.39 is 6.10 Å². The van der Waals surface area contributed by atoms with Crippen LogP contribution >= 0.6 is 0 Å². The van der Waals surface area contributed by atoms with Gasteiger partial charge in [0.15, 0.2) is 0 Å². The minimum Gasteiger partial charge on any atom is -0.495 e. The molecule has 1 atom stereocenters. The Kier molecular flexibility index (Phi) is 4.98. The van der Waals surface area contributed by atoms with Crippen LogP contribution in [0.25, 0.3) is 0 Å². The van der Waals surface area contributed by atoms with E-state index in [-0.39, 0.29) is 0 Å². The van der Waals surface area contributed by atoms with E-state index in [1.165, 1.54) is 0 Å². The van der Waals surface area contributed by atoms with E-state index in [1.54, 1.807) is 0 Å². The first-order valence-corrected chi connectivity index (χ1v) is 5.51. The molecule has 0 saturated carbocycles. The number of hydrogen-bond acceptors (Lipinski definition) is 3. The fourth-order valence-corrected chi connectivity index (χ4v) is 1.66. The number of hydrogen-bond donors (Lipinski definition) is 1. The molecule has 1 aliphatic heterocycles. The highest BCUT2D eigenvalue weighted by Gasteiger charge is 2.16. The lowest BCUT2D eigenvalue weighted by Crippen LogP contribution is -2.27. The molecule has 0 fully saturated rings. The molecule has 0 aliphatic carbocycles. The van der Waals surface area contributed by atoms with Crippen molar-refractivity contribution in [1.82, 2.24) is 4.90 Å². The minimum absolute atomic E-state index is 0.405. The second-order valence-electron chi connectivity index (χ2n) is 3.57. The summed E-state index contributed by atoms with van der Waals surface area (Å²) in [6.45, 7) is 8.04. The van der Waals surface area contributed by atoms with Gasteiger partial charge >= 0.3 is 0 Å². The van der Waals surface area contributed by atoms with E-state index in [2.05, 4.69) is 18.7 Å². The van der Waals surface area contributed by atoms with Gasteiger partial charge in [-0.25, -0.2) is 0 Å². The Hall–Kier alpha value is -0.540. The second kappa shape index (κ2) is 6.04. The normalized spacial score (nSPS) is 18.1. The molecule has 1 rings (SSSR count).